The van der Waals surface area contributed by atoms with Gasteiger partial charge in [-0.3, -0.25) is 0 Å². The maximum atomic E-state index is 5.24. The Morgan fingerprint density at radius 2 is 1.75 bits per heavy atom. The van der Waals surface area contributed by atoms with Crippen LogP contribution < -0.4 is 0 Å². The van der Waals surface area contributed by atoms with Crippen LogP contribution in [-0.4, -0.2) is 25.7 Å². The van der Waals surface area contributed by atoms with Crippen LogP contribution in [0.2, 0.25) is 0 Å². The van der Waals surface area contributed by atoms with Crippen LogP contribution in [-0.2, 0) is 4.52 Å². The second-order valence-electron chi connectivity index (χ2n) is 1.87. The molecular weight excluding hydrogens is 119 g/mol. The lowest BCUT2D eigenvalue weighted by Crippen LogP contribution is -1.90. The first-order valence-corrected chi connectivity index (χ1v) is 5.22. The second kappa shape index (κ2) is 3.32. The zero-order valence-electron chi connectivity index (χ0n) is 5.98. The highest BCUT2D eigenvalue weighted by Crippen LogP contribution is 2.43. The number of hydrogen-bond acceptors (Lipinski definition) is 1. The molecule has 0 saturated heterocycles. The normalized spacial score (nSPS) is 11.9. The Labute approximate surface area is 52.1 Å². The first-order valence-electron chi connectivity index (χ1n) is 2.95. The molecule has 0 aliphatic rings. The zero-order valence-corrected chi connectivity index (χ0v) is 6.87. The summed E-state index contributed by atoms with van der Waals surface area (Å²) in [6.07, 6.45) is 6.21. The van der Waals surface area contributed by atoms with E-state index in [9.17, 15) is 0 Å². The van der Waals surface area contributed by atoms with Crippen molar-refractivity contribution in [2.75, 3.05) is 19.4 Å². The average molecular weight is 134 g/mol. The van der Waals surface area contributed by atoms with Crippen molar-refractivity contribution < 1.29 is 4.52 Å². The Bertz CT molecular complexity index is 79.7. The van der Waals surface area contributed by atoms with Crippen molar-refractivity contribution in [2.45, 2.75) is 13.8 Å². The molecule has 0 spiro atoms. The van der Waals surface area contributed by atoms with Crippen LogP contribution in [0.25, 0.3) is 0 Å². The van der Waals surface area contributed by atoms with Crippen molar-refractivity contribution in [3.8, 4) is 0 Å². The maximum absolute atomic E-state index is 5.24. The Balaban J connectivity index is 3.79. The highest BCUT2D eigenvalue weighted by Gasteiger charge is 2.04. The molecule has 0 radical (unpaired) electrons. The predicted octanol–water partition coefficient (Wildman–Crippen LogP) is 2.04. The van der Waals surface area contributed by atoms with E-state index in [1.54, 1.807) is 7.11 Å². The van der Waals surface area contributed by atoms with Crippen LogP contribution in [0.15, 0.2) is 0 Å². The topological polar surface area (TPSA) is 9.23 Å². The minimum absolute atomic E-state index is 1.10. The molecule has 50 valence electrons. The molecule has 0 aromatic heterocycles. The van der Waals surface area contributed by atoms with Gasteiger partial charge in [-0.1, -0.05) is 20.1 Å². The molecule has 2 heteroatoms. The molecule has 8 heavy (non-hydrogen) atoms. The first-order chi connectivity index (χ1) is 3.68. The Hall–Kier alpha value is 0.260. The highest BCUT2D eigenvalue weighted by atomic mass is 31.2. The van der Waals surface area contributed by atoms with Gasteiger partial charge in [-0.25, -0.2) is 0 Å². The lowest BCUT2D eigenvalue weighted by atomic mass is 11.0. The van der Waals surface area contributed by atoms with Crippen molar-refractivity contribution in [1.29, 1.82) is 0 Å². The van der Waals surface area contributed by atoms with E-state index in [1.165, 1.54) is 0 Å². The van der Waals surface area contributed by atoms with Crippen LogP contribution in [0.4, 0.5) is 0 Å². The predicted molar refractivity (Wildman–Crippen MR) is 42.1 cm³/mol. The van der Waals surface area contributed by atoms with Crippen LogP contribution in [0.1, 0.15) is 13.8 Å². The van der Waals surface area contributed by atoms with Crippen molar-refractivity contribution in [3.63, 3.8) is 0 Å². The summed E-state index contributed by atoms with van der Waals surface area (Å²) in [5.74, 6) is 0. The minimum atomic E-state index is -1.16. The third kappa shape index (κ3) is 2.02. The SMILES string of the molecule is C=P(CC)(CC)OC. The summed E-state index contributed by atoms with van der Waals surface area (Å²) in [4.78, 5) is 0. The first kappa shape index (κ1) is 8.26. The Kier molecular flexibility index (Phi) is 3.43. The van der Waals surface area contributed by atoms with Crippen molar-refractivity contribution in [2.24, 2.45) is 0 Å². The van der Waals surface area contributed by atoms with E-state index in [-0.39, 0.29) is 0 Å². The largest absolute Gasteiger partial charge is 0.365 e. The number of hydrogen-bond donors (Lipinski definition) is 0. The average Bonchev–Trinajstić information content (AvgIpc) is 1.87. The van der Waals surface area contributed by atoms with E-state index in [0.717, 1.165) is 12.3 Å². The molecule has 0 fully saturated rings. The maximum Gasteiger partial charge on any atom is 0.0396 e. The van der Waals surface area contributed by atoms with Gasteiger partial charge in [0.1, 0.15) is 0 Å². The third-order valence-electron chi connectivity index (χ3n) is 1.54. The molecule has 0 bridgehead atoms. The molecule has 0 aromatic rings. The summed E-state index contributed by atoms with van der Waals surface area (Å²) in [5, 5.41) is 0. The third-order valence-corrected chi connectivity index (χ3v) is 4.62. The fourth-order valence-corrected chi connectivity index (χ4v) is 1.45. The molecule has 0 amide bonds. The van der Waals surface area contributed by atoms with Crippen LogP contribution in [0.5, 0.6) is 0 Å². The summed E-state index contributed by atoms with van der Waals surface area (Å²) in [6, 6.07) is 0. The fourth-order valence-electron chi connectivity index (χ4n) is 0.482. The highest BCUT2D eigenvalue weighted by molar-refractivity contribution is 7.69. The molecule has 0 unspecified atom stereocenters. The number of rotatable bonds is 3. The lowest BCUT2D eigenvalue weighted by molar-refractivity contribution is 0.459. The van der Waals surface area contributed by atoms with Crippen molar-refractivity contribution in [3.05, 3.63) is 0 Å². The summed E-state index contributed by atoms with van der Waals surface area (Å²) in [7, 11) is 0.596. The standard InChI is InChI=1S/C6H15OP/c1-5-8(4,6-2)7-3/h4-6H2,1-3H3. The van der Waals surface area contributed by atoms with Gasteiger partial charge in [0.25, 0.3) is 0 Å². The van der Waals surface area contributed by atoms with Gasteiger partial charge in [0.15, 0.2) is 0 Å². The fraction of sp³-hybridized carbons (Fsp3) is 0.833. The molecule has 0 rings (SSSR count). The molecule has 0 atom stereocenters. The summed E-state index contributed by atoms with van der Waals surface area (Å²) in [6.45, 7) is 4.27. The summed E-state index contributed by atoms with van der Waals surface area (Å²) >= 11 is 0. The van der Waals surface area contributed by atoms with Gasteiger partial charge < -0.3 is 4.52 Å². The smallest absolute Gasteiger partial charge is 0.0396 e. The van der Waals surface area contributed by atoms with Gasteiger partial charge in [0.05, 0.1) is 0 Å². The van der Waals surface area contributed by atoms with E-state index in [4.69, 9.17) is 4.52 Å². The molecule has 0 saturated carbocycles. The molecule has 0 aliphatic carbocycles. The molecular formula is C6H15OP. The Morgan fingerprint density at radius 1 is 1.38 bits per heavy atom. The van der Waals surface area contributed by atoms with Gasteiger partial charge in [0.2, 0.25) is 0 Å². The zero-order chi connectivity index (χ0) is 6.62. The van der Waals surface area contributed by atoms with E-state index >= 15 is 0 Å². The van der Waals surface area contributed by atoms with E-state index in [0.29, 0.717) is 0 Å². The van der Waals surface area contributed by atoms with Gasteiger partial charge in [-0.15, -0.1) is 0 Å². The van der Waals surface area contributed by atoms with Crippen LogP contribution in [0, 0.1) is 0 Å². The quantitative estimate of drug-likeness (QED) is 0.537. The van der Waals surface area contributed by atoms with Crippen LogP contribution >= 0.6 is 7.11 Å². The van der Waals surface area contributed by atoms with Gasteiger partial charge in [0, 0.05) is 14.2 Å². The van der Waals surface area contributed by atoms with E-state index in [1.807, 2.05) is 0 Å². The molecule has 0 aromatic carbocycles. The Morgan fingerprint density at radius 3 is 1.75 bits per heavy atom. The summed E-state index contributed by atoms with van der Waals surface area (Å²) < 4.78 is 5.24. The lowest BCUT2D eigenvalue weighted by Gasteiger charge is -2.17. The minimum Gasteiger partial charge on any atom is -0.365 e. The molecule has 1 nitrogen and oxygen atoms in total. The van der Waals surface area contributed by atoms with E-state index < -0.39 is 7.11 Å². The molecule has 0 aliphatic heterocycles. The van der Waals surface area contributed by atoms with E-state index in [2.05, 4.69) is 20.1 Å². The van der Waals surface area contributed by atoms with Crippen LogP contribution in [0.3, 0.4) is 0 Å². The van der Waals surface area contributed by atoms with Gasteiger partial charge >= 0.3 is 0 Å². The van der Waals surface area contributed by atoms with Crippen molar-refractivity contribution >= 4 is 13.4 Å². The van der Waals surface area contributed by atoms with Crippen molar-refractivity contribution in [1.82, 2.24) is 0 Å². The van der Waals surface area contributed by atoms with Gasteiger partial charge in [-0.05, 0) is 12.3 Å². The monoisotopic (exact) mass is 134 g/mol. The molecule has 0 N–H and O–H groups in total. The molecule has 0 heterocycles. The summed E-state index contributed by atoms with van der Waals surface area (Å²) in [5.41, 5.74) is 0. The van der Waals surface area contributed by atoms with Gasteiger partial charge in [-0.2, -0.15) is 0 Å². The second-order valence-corrected chi connectivity index (χ2v) is 5.62.